The van der Waals surface area contributed by atoms with Crippen LogP contribution in [0.25, 0.3) is 10.9 Å². The van der Waals surface area contributed by atoms with Crippen molar-refractivity contribution in [1.82, 2.24) is 15.6 Å². The molecule has 7 nitrogen and oxygen atoms in total. The number of hydrogen-bond acceptors (Lipinski definition) is 4. The normalized spacial score (nSPS) is 11.1. The first-order chi connectivity index (χ1) is 14.6. The first-order valence-electron chi connectivity index (χ1n) is 9.58. The summed E-state index contributed by atoms with van der Waals surface area (Å²) in [6.07, 6.45) is 2.86. The maximum atomic E-state index is 6.13. The van der Waals surface area contributed by atoms with E-state index in [9.17, 15) is 0 Å². The number of nitrogens with one attached hydrogen (secondary N) is 3. The summed E-state index contributed by atoms with van der Waals surface area (Å²) in [5, 5.41) is 8.53. The third-order valence-electron chi connectivity index (χ3n) is 4.82. The Labute approximate surface area is 204 Å². The molecule has 0 unspecified atom stereocenters. The molecule has 0 aliphatic heterocycles. The minimum Gasteiger partial charge on any atom is -0.493 e. The number of aromatic amines is 1. The van der Waals surface area contributed by atoms with Crippen LogP contribution in [0.2, 0.25) is 5.02 Å². The van der Waals surface area contributed by atoms with Crippen LogP contribution in [0.15, 0.2) is 41.5 Å². The fourth-order valence-electron chi connectivity index (χ4n) is 3.32. The molecule has 31 heavy (non-hydrogen) atoms. The van der Waals surface area contributed by atoms with Crippen molar-refractivity contribution in [2.24, 2.45) is 4.99 Å². The van der Waals surface area contributed by atoms with Gasteiger partial charge in [0.15, 0.2) is 17.5 Å². The van der Waals surface area contributed by atoms with Gasteiger partial charge in [0.2, 0.25) is 5.75 Å². The second-order valence-electron chi connectivity index (χ2n) is 6.64. The van der Waals surface area contributed by atoms with Gasteiger partial charge in [-0.25, -0.2) is 0 Å². The highest BCUT2D eigenvalue weighted by molar-refractivity contribution is 14.0. The van der Waals surface area contributed by atoms with Gasteiger partial charge in [-0.2, -0.15) is 0 Å². The molecule has 3 aromatic rings. The molecule has 168 valence electrons. The van der Waals surface area contributed by atoms with Crippen LogP contribution in [-0.4, -0.2) is 45.9 Å². The molecule has 1 aromatic heterocycles. The van der Waals surface area contributed by atoms with Crippen LogP contribution in [0.5, 0.6) is 17.2 Å². The molecule has 0 aliphatic carbocycles. The summed E-state index contributed by atoms with van der Waals surface area (Å²) in [6.45, 7) is 1.29. The van der Waals surface area contributed by atoms with E-state index in [1.807, 2.05) is 36.5 Å². The van der Waals surface area contributed by atoms with Crippen molar-refractivity contribution in [1.29, 1.82) is 0 Å². The molecule has 9 heteroatoms. The number of rotatable bonds is 8. The highest BCUT2D eigenvalue weighted by Gasteiger charge is 2.13. The molecule has 2 aromatic carbocycles. The predicted octanol–water partition coefficient (Wildman–Crippen LogP) is 4.37. The van der Waals surface area contributed by atoms with Gasteiger partial charge in [-0.1, -0.05) is 11.6 Å². The lowest BCUT2D eigenvalue weighted by atomic mass is 10.1. The Morgan fingerprint density at radius 2 is 1.74 bits per heavy atom. The average Bonchev–Trinajstić information content (AvgIpc) is 3.17. The molecule has 0 spiro atoms. The van der Waals surface area contributed by atoms with Gasteiger partial charge in [-0.05, 0) is 47.9 Å². The van der Waals surface area contributed by atoms with Crippen molar-refractivity contribution < 1.29 is 14.2 Å². The van der Waals surface area contributed by atoms with Crippen LogP contribution in [0, 0.1) is 0 Å². The minimum atomic E-state index is 0. The monoisotopic (exact) mass is 558 g/mol. The van der Waals surface area contributed by atoms with Crippen LogP contribution in [0.4, 0.5) is 0 Å². The molecule has 0 saturated carbocycles. The Morgan fingerprint density at radius 3 is 2.35 bits per heavy atom. The number of fused-ring (bicyclic) bond motifs is 1. The van der Waals surface area contributed by atoms with Crippen molar-refractivity contribution in [3.05, 3.63) is 52.7 Å². The lowest BCUT2D eigenvalue weighted by Gasteiger charge is -2.16. The number of aromatic nitrogens is 1. The van der Waals surface area contributed by atoms with E-state index < -0.39 is 0 Å². The summed E-state index contributed by atoms with van der Waals surface area (Å²) in [4.78, 5) is 7.57. The lowest BCUT2D eigenvalue weighted by Crippen LogP contribution is -2.37. The molecular formula is C22H28ClIN4O3. The van der Waals surface area contributed by atoms with Crippen molar-refractivity contribution in [3.63, 3.8) is 0 Å². The summed E-state index contributed by atoms with van der Waals surface area (Å²) in [5.74, 6) is 2.52. The summed E-state index contributed by atoms with van der Waals surface area (Å²) < 4.78 is 16.2. The average molecular weight is 559 g/mol. The molecular weight excluding hydrogens is 531 g/mol. The number of ether oxygens (including phenoxy) is 3. The summed E-state index contributed by atoms with van der Waals surface area (Å²) in [6, 6.07) is 9.69. The molecule has 0 radical (unpaired) electrons. The van der Waals surface area contributed by atoms with Crippen molar-refractivity contribution in [2.45, 2.75) is 13.0 Å². The van der Waals surface area contributed by atoms with Gasteiger partial charge in [-0.15, -0.1) is 24.0 Å². The Morgan fingerprint density at radius 1 is 1.03 bits per heavy atom. The SMILES string of the molecule is CN=C(NCCc1c[nH]c2ccc(Cl)cc12)NCc1cc(OC)c(OC)c(OC)c1.I. The van der Waals surface area contributed by atoms with E-state index in [2.05, 4.69) is 20.6 Å². The highest BCUT2D eigenvalue weighted by atomic mass is 127. The van der Waals surface area contributed by atoms with Crippen LogP contribution in [0.3, 0.4) is 0 Å². The fraction of sp³-hybridized carbons (Fsp3) is 0.318. The number of halogens is 2. The van der Waals surface area contributed by atoms with E-state index in [-0.39, 0.29) is 24.0 Å². The van der Waals surface area contributed by atoms with Gasteiger partial charge >= 0.3 is 0 Å². The summed E-state index contributed by atoms with van der Waals surface area (Å²) in [7, 11) is 6.54. The van der Waals surface area contributed by atoms with Crippen LogP contribution in [-0.2, 0) is 13.0 Å². The first kappa shape index (κ1) is 24.9. The standard InChI is InChI=1S/C22H27ClN4O3.HI/c1-24-22(25-8-7-15-13-26-18-6-5-16(23)11-17(15)18)27-12-14-9-19(28-2)21(30-4)20(10-14)29-3;/h5-6,9-11,13,26H,7-8,12H2,1-4H3,(H2,24,25,27);1H. The van der Waals surface area contributed by atoms with Gasteiger partial charge in [0.25, 0.3) is 0 Å². The summed E-state index contributed by atoms with van der Waals surface area (Å²) >= 11 is 6.13. The van der Waals surface area contributed by atoms with Crippen LogP contribution < -0.4 is 24.8 Å². The van der Waals surface area contributed by atoms with E-state index in [0.29, 0.717) is 29.8 Å². The van der Waals surface area contributed by atoms with E-state index in [0.717, 1.165) is 34.5 Å². The number of methoxy groups -OCH3 is 3. The molecule has 0 fully saturated rings. The zero-order valence-corrected chi connectivity index (χ0v) is 21.1. The van der Waals surface area contributed by atoms with Crippen LogP contribution in [0.1, 0.15) is 11.1 Å². The molecule has 0 amide bonds. The van der Waals surface area contributed by atoms with E-state index in [4.69, 9.17) is 25.8 Å². The van der Waals surface area contributed by atoms with Gasteiger partial charge in [0.1, 0.15) is 0 Å². The number of guanidine groups is 1. The van der Waals surface area contributed by atoms with Gasteiger partial charge < -0.3 is 29.8 Å². The Balaban J connectivity index is 0.00000341. The first-order valence-corrected chi connectivity index (χ1v) is 9.96. The van der Waals surface area contributed by atoms with E-state index in [1.165, 1.54) is 5.56 Å². The van der Waals surface area contributed by atoms with E-state index >= 15 is 0 Å². The lowest BCUT2D eigenvalue weighted by molar-refractivity contribution is 0.323. The number of nitrogens with zero attached hydrogens (tertiary/aromatic N) is 1. The van der Waals surface area contributed by atoms with E-state index in [1.54, 1.807) is 28.4 Å². The number of hydrogen-bond donors (Lipinski definition) is 3. The second-order valence-corrected chi connectivity index (χ2v) is 7.08. The number of H-pyrrole nitrogens is 1. The quantitative estimate of drug-likeness (QED) is 0.217. The molecule has 0 bridgehead atoms. The molecule has 1 heterocycles. The zero-order valence-electron chi connectivity index (χ0n) is 18.0. The Kier molecular flexibility index (Phi) is 9.57. The second kappa shape index (κ2) is 11.9. The molecule has 3 N–H and O–H groups in total. The Hall–Kier alpha value is -2.33. The maximum Gasteiger partial charge on any atom is 0.203 e. The minimum absolute atomic E-state index is 0. The van der Waals surface area contributed by atoms with Crippen molar-refractivity contribution >= 4 is 52.4 Å². The number of benzene rings is 2. The smallest absolute Gasteiger partial charge is 0.203 e. The Bertz CT molecular complexity index is 1010. The number of aliphatic imine (C=N–C) groups is 1. The molecule has 0 aliphatic rings. The molecule has 0 saturated heterocycles. The third-order valence-corrected chi connectivity index (χ3v) is 5.06. The highest BCUT2D eigenvalue weighted by Crippen LogP contribution is 2.38. The maximum absolute atomic E-state index is 6.13. The van der Waals surface area contributed by atoms with Crippen molar-refractivity contribution in [2.75, 3.05) is 34.9 Å². The topological polar surface area (TPSA) is 79.9 Å². The predicted molar refractivity (Wildman–Crippen MR) is 137 cm³/mol. The van der Waals surface area contributed by atoms with Gasteiger partial charge in [-0.3, -0.25) is 4.99 Å². The molecule has 3 rings (SSSR count). The fourth-order valence-corrected chi connectivity index (χ4v) is 3.49. The van der Waals surface area contributed by atoms with Gasteiger partial charge in [0, 0.05) is 42.3 Å². The van der Waals surface area contributed by atoms with Crippen molar-refractivity contribution in [3.8, 4) is 17.2 Å². The molecule has 0 atom stereocenters. The van der Waals surface area contributed by atoms with Gasteiger partial charge in [0.05, 0.1) is 21.3 Å². The largest absolute Gasteiger partial charge is 0.493 e. The zero-order chi connectivity index (χ0) is 21.5. The van der Waals surface area contributed by atoms with Crippen LogP contribution >= 0.6 is 35.6 Å². The summed E-state index contributed by atoms with van der Waals surface area (Å²) in [5.41, 5.74) is 3.28. The third kappa shape index (κ3) is 6.10.